The molecule has 2 aromatic heterocycles. The third-order valence-electron chi connectivity index (χ3n) is 4.88. The minimum atomic E-state index is -4.66. The van der Waals surface area contributed by atoms with Crippen LogP contribution in [-0.4, -0.2) is 31.7 Å². The maximum atomic E-state index is 14.8. The van der Waals surface area contributed by atoms with E-state index in [1.54, 1.807) is 0 Å². The summed E-state index contributed by atoms with van der Waals surface area (Å²) in [7, 11) is 0. The predicted octanol–water partition coefficient (Wildman–Crippen LogP) is 5.13. The van der Waals surface area contributed by atoms with Crippen molar-refractivity contribution in [2.45, 2.75) is 6.18 Å². The Hall–Kier alpha value is -4.39. The number of nitrogen functional groups attached to an aromatic ring is 1. The lowest BCUT2D eigenvalue weighted by atomic mass is 10.0. The highest BCUT2D eigenvalue weighted by Crippen LogP contribution is 2.35. The number of carbonyl (C=O) groups is 2. The number of fused-ring (bicyclic) bond motifs is 1. The molecule has 2 amide bonds. The van der Waals surface area contributed by atoms with E-state index in [1.165, 1.54) is 16.8 Å². The van der Waals surface area contributed by atoms with Crippen molar-refractivity contribution in [1.29, 1.82) is 0 Å². The van der Waals surface area contributed by atoms with Crippen molar-refractivity contribution >= 4 is 46.3 Å². The third-order valence-corrected chi connectivity index (χ3v) is 5.21. The summed E-state index contributed by atoms with van der Waals surface area (Å²) >= 11 is 5.85. The average molecular weight is 509 g/mol. The highest BCUT2D eigenvalue weighted by Gasteiger charge is 2.31. The largest absolute Gasteiger partial charge is 0.478 e. The van der Waals surface area contributed by atoms with E-state index in [2.05, 4.69) is 20.7 Å². The maximum Gasteiger partial charge on any atom is 0.416 e. The summed E-state index contributed by atoms with van der Waals surface area (Å²) < 4.78 is 54.8. The normalized spacial score (nSPS) is 11.5. The number of anilines is 3. The van der Waals surface area contributed by atoms with Crippen LogP contribution < -0.4 is 16.4 Å². The van der Waals surface area contributed by atoms with Gasteiger partial charge in [-0.3, -0.25) is 0 Å². The first-order valence-corrected chi connectivity index (χ1v) is 9.93. The van der Waals surface area contributed by atoms with Crippen LogP contribution in [0, 0.1) is 5.82 Å². The number of urea groups is 1. The molecule has 35 heavy (non-hydrogen) atoms. The van der Waals surface area contributed by atoms with Gasteiger partial charge < -0.3 is 21.5 Å². The number of alkyl halides is 3. The number of halogens is 5. The summed E-state index contributed by atoms with van der Waals surface area (Å²) in [5, 5.41) is 17.6. The molecule has 0 aliphatic heterocycles. The number of nitrogens with one attached hydrogen (secondary N) is 2. The Morgan fingerprint density at radius 1 is 1.09 bits per heavy atom. The van der Waals surface area contributed by atoms with E-state index in [0.29, 0.717) is 6.07 Å². The standard InChI is InChI=1S/C21H13ClF4N6O3/c22-12-3-2-10(21(24,25)26)6-15(12)31-20(35)30-14-4-1-9(5-13(14)23)16-11(19(33)34)7-32-17(16)18(27)28-8-29-32/h1-8H,(H,33,34)(H2,27,28,29)(H2,30,31,35). The zero-order chi connectivity index (χ0) is 25.5. The van der Waals surface area contributed by atoms with E-state index < -0.39 is 29.6 Å². The number of amides is 2. The fraction of sp³-hybridized carbons (Fsp3) is 0.0476. The molecule has 0 spiro atoms. The summed E-state index contributed by atoms with van der Waals surface area (Å²) in [6.45, 7) is 0. The Labute approximate surface area is 198 Å². The molecule has 5 N–H and O–H groups in total. The summed E-state index contributed by atoms with van der Waals surface area (Å²) in [4.78, 5) is 27.8. The van der Waals surface area contributed by atoms with Crippen LogP contribution in [0.4, 0.5) is 39.5 Å². The molecule has 180 valence electrons. The minimum Gasteiger partial charge on any atom is -0.478 e. The molecule has 0 bridgehead atoms. The number of hydrogen-bond donors (Lipinski definition) is 4. The maximum absolute atomic E-state index is 14.8. The van der Waals surface area contributed by atoms with Crippen molar-refractivity contribution in [2.24, 2.45) is 0 Å². The van der Waals surface area contributed by atoms with Gasteiger partial charge in [-0.2, -0.15) is 18.3 Å². The molecule has 0 atom stereocenters. The van der Waals surface area contributed by atoms with Gasteiger partial charge in [0.1, 0.15) is 17.7 Å². The van der Waals surface area contributed by atoms with Crippen LogP contribution in [0.15, 0.2) is 48.9 Å². The SMILES string of the molecule is Nc1ncnn2cc(C(=O)O)c(-c3ccc(NC(=O)Nc4cc(C(F)(F)F)ccc4Cl)c(F)c3)c12. The molecule has 0 aliphatic rings. The van der Waals surface area contributed by atoms with Crippen molar-refractivity contribution < 1.29 is 32.3 Å². The fourth-order valence-corrected chi connectivity index (χ4v) is 3.50. The number of nitrogens with zero attached hydrogens (tertiary/aromatic N) is 3. The predicted molar refractivity (Wildman–Crippen MR) is 119 cm³/mol. The zero-order valence-electron chi connectivity index (χ0n) is 17.2. The molecular formula is C21H13ClF4N6O3. The van der Waals surface area contributed by atoms with Gasteiger partial charge in [-0.1, -0.05) is 17.7 Å². The number of aromatic carboxylic acids is 1. The number of rotatable bonds is 4. The summed E-state index contributed by atoms with van der Waals surface area (Å²) in [6.07, 6.45) is -2.34. The zero-order valence-corrected chi connectivity index (χ0v) is 17.9. The fourth-order valence-electron chi connectivity index (χ4n) is 3.33. The minimum absolute atomic E-state index is 0.0394. The van der Waals surface area contributed by atoms with E-state index in [1.807, 2.05) is 0 Å². The molecule has 0 saturated heterocycles. The summed E-state index contributed by atoms with van der Waals surface area (Å²) in [5.74, 6) is -2.31. The molecule has 2 heterocycles. The van der Waals surface area contributed by atoms with E-state index in [4.69, 9.17) is 17.3 Å². The molecule has 14 heteroatoms. The number of carboxylic acid groups (broad SMARTS) is 1. The van der Waals surface area contributed by atoms with Crippen molar-refractivity contribution in [3.05, 3.63) is 70.9 Å². The molecule has 2 aromatic carbocycles. The van der Waals surface area contributed by atoms with Gasteiger partial charge in [-0.25, -0.2) is 23.5 Å². The van der Waals surface area contributed by atoms with Crippen molar-refractivity contribution in [2.75, 3.05) is 16.4 Å². The molecule has 0 aliphatic carbocycles. The van der Waals surface area contributed by atoms with Crippen LogP contribution in [0.2, 0.25) is 5.02 Å². The third kappa shape index (κ3) is 4.66. The molecular weight excluding hydrogens is 496 g/mol. The van der Waals surface area contributed by atoms with E-state index in [0.717, 1.165) is 30.6 Å². The topological polar surface area (TPSA) is 135 Å². The number of carboxylic acids is 1. The Balaban J connectivity index is 1.63. The number of hydrogen-bond acceptors (Lipinski definition) is 5. The van der Waals surface area contributed by atoms with Gasteiger partial charge >= 0.3 is 18.2 Å². The molecule has 4 aromatic rings. The van der Waals surface area contributed by atoms with Crippen LogP contribution in [0.1, 0.15) is 15.9 Å². The second kappa shape index (κ2) is 8.76. The highest BCUT2D eigenvalue weighted by molar-refractivity contribution is 6.33. The first-order chi connectivity index (χ1) is 16.5. The van der Waals surface area contributed by atoms with Crippen LogP contribution in [-0.2, 0) is 6.18 Å². The number of nitrogens with two attached hydrogens (primary N) is 1. The molecule has 4 rings (SSSR count). The first-order valence-electron chi connectivity index (χ1n) is 9.55. The molecule has 0 unspecified atom stereocenters. The second-order valence-electron chi connectivity index (χ2n) is 7.13. The average Bonchev–Trinajstić information content (AvgIpc) is 3.17. The monoisotopic (exact) mass is 508 g/mol. The quantitative estimate of drug-likeness (QED) is 0.282. The van der Waals surface area contributed by atoms with Gasteiger partial charge in [0.25, 0.3) is 0 Å². The van der Waals surface area contributed by atoms with Crippen molar-refractivity contribution in [3.8, 4) is 11.1 Å². The highest BCUT2D eigenvalue weighted by atomic mass is 35.5. The van der Waals surface area contributed by atoms with Gasteiger partial charge in [0.2, 0.25) is 0 Å². The van der Waals surface area contributed by atoms with Crippen LogP contribution >= 0.6 is 11.6 Å². The van der Waals surface area contributed by atoms with Crippen LogP contribution in [0.25, 0.3) is 16.6 Å². The lowest BCUT2D eigenvalue weighted by Gasteiger charge is -2.13. The Morgan fingerprint density at radius 2 is 1.80 bits per heavy atom. The lowest BCUT2D eigenvalue weighted by Crippen LogP contribution is -2.20. The Bertz CT molecular complexity index is 1490. The van der Waals surface area contributed by atoms with Gasteiger partial charge in [0.15, 0.2) is 5.82 Å². The summed E-state index contributed by atoms with van der Waals surface area (Å²) in [6, 6.07) is 4.72. The summed E-state index contributed by atoms with van der Waals surface area (Å²) in [5.41, 5.74) is 4.24. The number of aromatic nitrogens is 3. The van der Waals surface area contributed by atoms with Gasteiger partial charge in [0, 0.05) is 11.8 Å². The van der Waals surface area contributed by atoms with Gasteiger partial charge in [-0.15, -0.1) is 0 Å². The number of carbonyl (C=O) groups excluding carboxylic acids is 1. The number of benzene rings is 2. The molecule has 0 saturated carbocycles. The molecule has 0 fully saturated rings. The smallest absolute Gasteiger partial charge is 0.416 e. The molecule has 9 nitrogen and oxygen atoms in total. The first kappa shape index (κ1) is 23.8. The Morgan fingerprint density at radius 3 is 2.46 bits per heavy atom. The molecule has 0 radical (unpaired) electrons. The van der Waals surface area contributed by atoms with E-state index in [-0.39, 0.29) is 44.4 Å². The van der Waals surface area contributed by atoms with E-state index >= 15 is 0 Å². The van der Waals surface area contributed by atoms with Gasteiger partial charge in [0.05, 0.1) is 27.5 Å². The van der Waals surface area contributed by atoms with Crippen molar-refractivity contribution in [3.63, 3.8) is 0 Å². The Kier molecular flexibility index (Phi) is 5.94. The van der Waals surface area contributed by atoms with Gasteiger partial charge in [-0.05, 0) is 35.9 Å². The van der Waals surface area contributed by atoms with Crippen LogP contribution in [0.5, 0.6) is 0 Å². The van der Waals surface area contributed by atoms with Crippen LogP contribution in [0.3, 0.4) is 0 Å². The van der Waals surface area contributed by atoms with Crippen molar-refractivity contribution in [1.82, 2.24) is 14.6 Å². The lowest BCUT2D eigenvalue weighted by molar-refractivity contribution is -0.137. The second-order valence-corrected chi connectivity index (χ2v) is 7.53. The van der Waals surface area contributed by atoms with E-state index in [9.17, 15) is 32.3 Å².